The van der Waals surface area contributed by atoms with E-state index < -0.39 is 10.0 Å². The van der Waals surface area contributed by atoms with E-state index >= 15 is 0 Å². The van der Waals surface area contributed by atoms with E-state index in [4.69, 9.17) is 0 Å². The maximum absolute atomic E-state index is 12.8. The predicted molar refractivity (Wildman–Crippen MR) is 95.7 cm³/mol. The van der Waals surface area contributed by atoms with E-state index in [1.165, 1.54) is 57.6 Å². The smallest absolute Gasteiger partial charge is 0.212 e. The number of fused-ring (bicyclic) bond motifs is 5. The molecule has 0 amide bonds. The Morgan fingerprint density at radius 1 is 0.783 bits per heavy atom. The summed E-state index contributed by atoms with van der Waals surface area (Å²) in [5.74, 6) is 1.94. The Bertz CT molecular complexity index is 526. The van der Waals surface area contributed by atoms with Crippen molar-refractivity contribution in [1.29, 1.82) is 0 Å². The van der Waals surface area contributed by atoms with E-state index in [1.807, 2.05) is 4.31 Å². The maximum Gasteiger partial charge on any atom is 0.212 e. The summed E-state index contributed by atoms with van der Waals surface area (Å²) in [6, 6.07) is 0. The molecule has 1 saturated carbocycles. The number of rotatable bonds is 1. The van der Waals surface area contributed by atoms with Crippen molar-refractivity contribution in [2.45, 2.75) is 90.1 Å². The van der Waals surface area contributed by atoms with Crippen LogP contribution in [-0.2, 0) is 10.0 Å². The fourth-order valence-corrected chi connectivity index (χ4v) is 8.86. The standard InChI is InChI=1S/C19H35NO2S/c1-14-15(2)19(4)17-13-11-9-7-6-8-10-12-16(17)18(14,3)20(19)23(5,21)22/h14-17H,6-13H2,1-5H3. The molecule has 3 aliphatic rings. The molecule has 0 spiro atoms. The van der Waals surface area contributed by atoms with Crippen molar-refractivity contribution in [1.82, 2.24) is 4.31 Å². The molecule has 3 rings (SSSR count). The molecule has 6 atom stereocenters. The van der Waals surface area contributed by atoms with Gasteiger partial charge in [0.25, 0.3) is 0 Å². The lowest BCUT2D eigenvalue weighted by Crippen LogP contribution is -2.50. The lowest BCUT2D eigenvalue weighted by molar-refractivity contribution is 0.0719. The number of sulfonamides is 1. The molecule has 134 valence electrons. The van der Waals surface area contributed by atoms with Gasteiger partial charge in [-0.15, -0.1) is 0 Å². The average Bonchev–Trinajstić information content (AvgIpc) is 2.76. The number of hydrogen-bond acceptors (Lipinski definition) is 2. The average molecular weight is 342 g/mol. The third kappa shape index (κ3) is 2.34. The summed E-state index contributed by atoms with van der Waals surface area (Å²) in [5, 5.41) is 0. The molecule has 0 N–H and O–H groups in total. The Balaban J connectivity index is 2.08. The van der Waals surface area contributed by atoms with Crippen LogP contribution >= 0.6 is 0 Å². The molecular formula is C19H35NO2S. The van der Waals surface area contributed by atoms with Crippen molar-refractivity contribution in [3.05, 3.63) is 0 Å². The molecule has 2 bridgehead atoms. The minimum absolute atomic E-state index is 0.189. The fraction of sp³-hybridized carbons (Fsp3) is 1.00. The first-order valence-electron chi connectivity index (χ1n) is 9.66. The van der Waals surface area contributed by atoms with Gasteiger partial charge in [0.15, 0.2) is 0 Å². The topological polar surface area (TPSA) is 37.4 Å². The van der Waals surface area contributed by atoms with E-state index in [2.05, 4.69) is 27.7 Å². The highest BCUT2D eigenvalue weighted by Crippen LogP contribution is 2.67. The largest absolute Gasteiger partial charge is 0.212 e. The van der Waals surface area contributed by atoms with Crippen molar-refractivity contribution in [3.8, 4) is 0 Å². The van der Waals surface area contributed by atoms with Gasteiger partial charge >= 0.3 is 0 Å². The number of hydrogen-bond donors (Lipinski definition) is 0. The van der Waals surface area contributed by atoms with Gasteiger partial charge in [-0.25, -0.2) is 8.42 Å². The molecule has 0 aromatic rings. The Hall–Kier alpha value is -0.0900. The summed E-state index contributed by atoms with van der Waals surface area (Å²) in [6.07, 6.45) is 11.7. The zero-order valence-electron chi connectivity index (χ0n) is 15.6. The van der Waals surface area contributed by atoms with Crippen molar-refractivity contribution >= 4 is 10.0 Å². The lowest BCUT2D eigenvalue weighted by atomic mass is 9.56. The monoisotopic (exact) mass is 341 g/mol. The van der Waals surface area contributed by atoms with Gasteiger partial charge in [-0.3, -0.25) is 0 Å². The van der Waals surface area contributed by atoms with E-state index in [0.717, 1.165) is 0 Å². The van der Waals surface area contributed by atoms with Crippen LogP contribution in [0.3, 0.4) is 0 Å². The van der Waals surface area contributed by atoms with E-state index in [0.29, 0.717) is 23.7 Å². The van der Waals surface area contributed by atoms with Crippen molar-refractivity contribution in [2.75, 3.05) is 6.26 Å². The van der Waals surface area contributed by atoms with Crippen LogP contribution in [0.1, 0.15) is 79.1 Å². The van der Waals surface area contributed by atoms with Crippen molar-refractivity contribution < 1.29 is 8.42 Å². The third-order valence-corrected chi connectivity index (χ3v) is 9.52. The van der Waals surface area contributed by atoms with Crippen molar-refractivity contribution in [3.63, 3.8) is 0 Å². The Morgan fingerprint density at radius 3 is 1.48 bits per heavy atom. The first-order valence-corrected chi connectivity index (χ1v) is 11.5. The van der Waals surface area contributed by atoms with Crippen LogP contribution in [0.4, 0.5) is 0 Å². The predicted octanol–water partition coefficient (Wildman–Crippen LogP) is 4.43. The van der Waals surface area contributed by atoms with E-state index in [9.17, 15) is 8.42 Å². The normalized spacial score (nSPS) is 49.1. The molecule has 23 heavy (non-hydrogen) atoms. The van der Waals surface area contributed by atoms with Gasteiger partial charge < -0.3 is 0 Å². The molecule has 2 saturated heterocycles. The zero-order chi connectivity index (χ0) is 17.0. The van der Waals surface area contributed by atoms with Crippen LogP contribution < -0.4 is 0 Å². The highest BCUT2D eigenvalue weighted by atomic mass is 32.2. The fourth-order valence-electron chi connectivity index (χ4n) is 6.83. The summed E-state index contributed by atoms with van der Waals surface area (Å²) in [7, 11) is -3.19. The van der Waals surface area contributed by atoms with Gasteiger partial charge in [0.1, 0.15) is 0 Å². The molecule has 2 aliphatic heterocycles. The minimum Gasteiger partial charge on any atom is -0.212 e. The molecule has 2 heterocycles. The zero-order valence-corrected chi connectivity index (χ0v) is 16.5. The van der Waals surface area contributed by atoms with Crippen LogP contribution in [-0.4, -0.2) is 30.1 Å². The molecular weight excluding hydrogens is 306 g/mol. The quantitative estimate of drug-likeness (QED) is 0.707. The summed E-state index contributed by atoms with van der Waals surface area (Å²) >= 11 is 0. The molecule has 1 aliphatic carbocycles. The van der Waals surface area contributed by atoms with Gasteiger partial charge in [0.2, 0.25) is 10.0 Å². The van der Waals surface area contributed by atoms with E-state index in [1.54, 1.807) is 0 Å². The van der Waals surface area contributed by atoms with Gasteiger partial charge in [-0.1, -0.05) is 52.4 Å². The molecule has 6 unspecified atom stereocenters. The molecule has 0 aromatic carbocycles. The summed E-state index contributed by atoms with van der Waals surface area (Å²) < 4.78 is 27.5. The molecule has 4 heteroatoms. The van der Waals surface area contributed by atoms with Crippen LogP contribution in [0.25, 0.3) is 0 Å². The Morgan fingerprint density at radius 2 is 1.13 bits per heavy atom. The maximum atomic E-state index is 12.8. The summed E-state index contributed by atoms with van der Waals surface area (Å²) in [6.45, 7) is 9.11. The second kappa shape index (κ2) is 5.72. The van der Waals surface area contributed by atoms with Gasteiger partial charge in [0.05, 0.1) is 6.26 Å². The van der Waals surface area contributed by atoms with Crippen LogP contribution in [0.2, 0.25) is 0 Å². The van der Waals surface area contributed by atoms with Crippen molar-refractivity contribution in [2.24, 2.45) is 23.7 Å². The lowest BCUT2D eigenvalue weighted by Gasteiger charge is -2.46. The van der Waals surface area contributed by atoms with E-state index in [-0.39, 0.29) is 11.1 Å². The molecule has 3 fully saturated rings. The van der Waals surface area contributed by atoms with Gasteiger partial charge in [-0.2, -0.15) is 4.31 Å². The molecule has 3 nitrogen and oxygen atoms in total. The molecule has 0 aromatic heterocycles. The summed E-state index contributed by atoms with van der Waals surface area (Å²) in [4.78, 5) is 0. The highest BCUT2D eigenvalue weighted by molar-refractivity contribution is 7.88. The Kier molecular flexibility index (Phi) is 4.41. The van der Waals surface area contributed by atoms with Gasteiger partial charge in [0, 0.05) is 11.1 Å². The highest BCUT2D eigenvalue weighted by Gasteiger charge is 2.74. The van der Waals surface area contributed by atoms with Crippen LogP contribution in [0, 0.1) is 23.7 Å². The third-order valence-electron chi connectivity index (χ3n) is 8.07. The molecule has 0 radical (unpaired) electrons. The minimum atomic E-state index is -3.19. The second-order valence-electron chi connectivity index (χ2n) is 8.97. The first-order chi connectivity index (χ1) is 10.7. The first kappa shape index (κ1) is 17.7. The van der Waals surface area contributed by atoms with Crippen LogP contribution in [0.5, 0.6) is 0 Å². The Labute approximate surface area is 143 Å². The van der Waals surface area contributed by atoms with Crippen LogP contribution in [0.15, 0.2) is 0 Å². The second-order valence-corrected chi connectivity index (χ2v) is 10.8. The number of nitrogens with zero attached hydrogens (tertiary/aromatic N) is 1. The summed E-state index contributed by atoms with van der Waals surface area (Å²) in [5.41, 5.74) is -0.378. The SMILES string of the molecule is CC1C(C)C2(C)C3CCCCCCCCC3C1(C)N2S(C)(=O)=O. The van der Waals surface area contributed by atoms with Gasteiger partial charge in [-0.05, 0) is 50.4 Å².